The number of nitrogens with one attached hydrogen (secondary N) is 1. The van der Waals surface area contributed by atoms with Crippen molar-refractivity contribution < 1.29 is 21.6 Å². The van der Waals surface area contributed by atoms with Crippen molar-refractivity contribution in [3.05, 3.63) is 40.2 Å². The molecule has 1 aromatic heterocycles. The van der Waals surface area contributed by atoms with Crippen molar-refractivity contribution in [1.29, 1.82) is 0 Å². The molecule has 1 aromatic carbocycles. The molecule has 1 N–H and O–H groups in total. The van der Waals surface area contributed by atoms with Crippen LogP contribution in [0.15, 0.2) is 34.0 Å². The van der Waals surface area contributed by atoms with E-state index in [0.29, 0.717) is 16.5 Å². The molecule has 142 valence electrons. The molecule has 0 atom stereocenters. The van der Waals surface area contributed by atoms with E-state index in [9.17, 15) is 26.4 Å². The van der Waals surface area contributed by atoms with Crippen LogP contribution in [0.4, 0.5) is 13.2 Å². The Kier molecular flexibility index (Phi) is 4.84. The molecule has 2 aromatic rings. The van der Waals surface area contributed by atoms with E-state index < -0.39 is 22.7 Å². The summed E-state index contributed by atoms with van der Waals surface area (Å²) in [6, 6.07) is 5.79. The maximum absolute atomic E-state index is 12.8. The topological polar surface area (TPSA) is 73.5 Å². The zero-order chi connectivity index (χ0) is 19.1. The van der Waals surface area contributed by atoms with Gasteiger partial charge >= 0.3 is 6.18 Å². The number of fused-ring (bicyclic) bond motifs is 1. The van der Waals surface area contributed by atoms with Gasteiger partial charge in [0.25, 0.3) is 0 Å². The number of benzene rings is 1. The van der Waals surface area contributed by atoms with Gasteiger partial charge in [0.05, 0.1) is 11.4 Å². The lowest BCUT2D eigenvalue weighted by molar-refractivity contribution is -0.148. The zero-order valence-electron chi connectivity index (χ0n) is 14.0. The molecular formula is C16H18F3N3O3S. The summed E-state index contributed by atoms with van der Waals surface area (Å²) in [4.78, 5) is 15.4. The molecule has 6 nitrogen and oxygen atoms in total. The van der Waals surface area contributed by atoms with Gasteiger partial charge in [-0.2, -0.15) is 17.5 Å². The van der Waals surface area contributed by atoms with Crippen LogP contribution >= 0.6 is 0 Å². The predicted octanol–water partition coefficient (Wildman–Crippen LogP) is 1.71. The number of rotatable bonds is 3. The van der Waals surface area contributed by atoms with Crippen molar-refractivity contribution in [1.82, 2.24) is 14.2 Å². The normalized spacial score (nSPS) is 17.7. The third-order valence-electron chi connectivity index (χ3n) is 4.39. The summed E-state index contributed by atoms with van der Waals surface area (Å²) in [6.45, 7) is 0.729. The number of piperazine rings is 1. The molecule has 1 fully saturated rings. The number of hydrogen-bond acceptors (Lipinski definition) is 4. The molecule has 26 heavy (non-hydrogen) atoms. The summed E-state index contributed by atoms with van der Waals surface area (Å²) in [5.74, 6) is 0. The summed E-state index contributed by atoms with van der Waals surface area (Å²) < 4.78 is 64.2. The first-order chi connectivity index (χ1) is 12.1. The van der Waals surface area contributed by atoms with Crippen LogP contribution in [0.3, 0.4) is 0 Å². The van der Waals surface area contributed by atoms with Crippen LogP contribution in [0.1, 0.15) is 5.56 Å². The first-order valence-electron chi connectivity index (χ1n) is 7.99. The van der Waals surface area contributed by atoms with Gasteiger partial charge in [-0.15, -0.1) is 0 Å². The highest BCUT2D eigenvalue weighted by Crippen LogP contribution is 2.24. The minimum atomic E-state index is -4.30. The van der Waals surface area contributed by atoms with Gasteiger partial charge < -0.3 is 4.98 Å². The molecule has 0 aliphatic carbocycles. The van der Waals surface area contributed by atoms with Crippen LogP contribution in [0.25, 0.3) is 10.9 Å². The second-order valence-electron chi connectivity index (χ2n) is 6.32. The second kappa shape index (κ2) is 6.67. The van der Waals surface area contributed by atoms with E-state index in [1.807, 2.05) is 0 Å². The number of aryl methyl sites for hydroxylation is 1. The molecule has 0 spiro atoms. The van der Waals surface area contributed by atoms with Gasteiger partial charge in [-0.05, 0) is 30.7 Å². The number of aromatic nitrogens is 1. The molecule has 1 aliphatic rings. The van der Waals surface area contributed by atoms with Crippen LogP contribution in [0.2, 0.25) is 0 Å². The van der Waals surface area contributed by atoms with Gasteiger partial charge in [-0.3, -0.25) is 9.69 Å². The monoisotopic (exact) mass is 389 g/mol. The van der Waals surface area contributed by atoms with E-state index >= 15 is 0 Å². The minimum Gasteiger partial charge on any atom is -0.322 e. The van der Waals surface area contributed by atoms with Crippen molar-refractivity contribution in [2.45, 2.75) is 18.0 Å². The Bertz CT molecular complexity index is 978. The Morgan fingerprint density at radius 1 is 1.12 bits per heavy atom. The molecule has 2 heterocycles. The van der Waals surface area contributed by atoms with Crippen molar-refractivity contribution in [3.8, 4) is 0 Å². The quantitative estimate of drug-likeness (QED) is 0.867. The van der Waals surface area contributed by atoms with Gasteiger partial charge in [-0.1, -0.05) is 0 Å². The Balaban J connectivity index is 1.83. The third-order valence-corrected chi connectivity index (χ3v) is 6.29. The SMILES string of the molecule is Cc1cc(=O)[nH]c2ccc(S(=O)(=O)N3CCN(CC(F)(F)F)CC3)cc12. The Labute approximate surface area is 148 Å². The first kappa shape index (κ1) is 18.9. The third kappa shape index (κ3) is 3.92. The van der Waals surface area contributed by atoms with Crippen molar-refractivity contribution in [2.75, 3.05) is 32.7 Å². The summed E-state index contributed by atoms with van der Waals surface area (Å²) in [5, 5.41) is 0.612. The first-order valence-corrected chi connectivity index (χ1v) is 9.43. The molecule has 0 saturated carbocycles. The fraction of sp³-hybridized carbons (Fsp3) is 0.438. The molecule has 0 bridgehead atoms. The average Bonchev–Trinajstić information content (AvgIpc) is 2.53. The van der Waals surface area contributed by atoms with Crippen molar-refractivity contribution in [3.63, 3.8) is 0 Å². The summed E-state index contributed by atoms with van der Waals surface area (Å²) in [7, 11) is -3.81. The summed E-state index contributed by atoms with van der Waals surface area (Å²) in [6.07, 6.45) is -4.30. The van der Waals surface area contributed by atoms with E-state index in [0.717, 1.165) is 0 Å². The summed E-state index contributed by atoms with van der Waals surface area (Å²) in [5.41, 5.74) is 0.908. The number of hydrogen-bond donors (Lipinski definition) is 1. The Hall–Kier alpha value is -1.91. The van der Waals surface area contributed by atoms with Crippen LogP contribution in [0.5, 0.6) is 0 Å². The predicted molar refractivity (Wildman–Crippen MR) is 90.6 cm³/mol. The number of sulfonamides is 1. The lowest BCUT2D eigenvalue weighted by Crippen LogP contribution is -2.50. The number of halogens is 3. The molecule has 0 radical (unpaired) electrons. The van der Waals surface area contributed by atoms with Gasteiger partial charge in [0.2, 0.25) is 15.6 Å². The van der Waals surface area contributed by atoms with E-state index in [-0.39, 0.29) is 36.6 Å². The van der Waals surface area contributed by atoms with Crippen LogP contribution in [-0.4, -0.2) is 61.5 Å². The van der Waals surface area contributed by atoms with E-state index in [2.05, 4.69) is 4.98 Å². The maximum Gasteiger partial charge on any atom is 0.401 e. The van der Waals surface area contributed by atoms with Crippen LogP contribution < -0.4 is 5.56 Å². The van der Waals surface area contributed by atoms with E-state index in [1.165, 1.54) is 33.5 Å². The molecule has 1 saturated heterocycles. The van der Waals surface area contributed by atoms with Crippen LogP contribution in [0, 0.1) is 6.92 Å². The molecule has 3 rings (SSSR count). The highest BCUT2D eigenvalue weighted by Gasteiger charge is 2.34. The van der Waals surface area contributed by atoms with Gasteiger partial charge in [-0.25, -0.2) is 8.42 Å². The largest absolute Gasteiger partial charge is 0.401 e. The Morgan fingerprint density at radius 3 is 2.38 bits per heavy atom. The summed E-state index contributed by atoms with van der Waals surface area (Å²) >= 11 is 0. The Morgan fingerprint density at radius 2 is 1.77 bits per heavy atom. The van der Waals surface area contributed by atoms with Gasteiger partial charge in [0, 0.05) is 43.1 Å². The highest BCUT2D eigenvalue weighted by atomic mass is 32.2. The van der Waals surface area contributed by atoms with E-state index in [4.69, 9.17) is 0 Å². The molecule has 0 amide bonds. The smallest absolute Gasteiger partial charge is 0.322 e. The number of alkyl halides is 3. The highest BCUT2D eigenvalue weighted by molar-refractivity contribution is 7.89. The van der Waals surface area contributed by atoms with Crippen molar-refractivity contribution in [2.24, 2.45) is 0 Å². The fourth-order valence-corrected chi connectivity index (χ4v) is 4.54. The van der Waals surface area contributed by atoms with E-state index in [1.54, 1.807) is 6.92 Å². The van der Waals surface area contributed by atoms with Gasteiger partial charge in [0.1, 0.15) is 0 Å². The number of aromatic amines is 1. The maximum atomic E-state index is 12.8. The molecule has 1 aliphatic heterocycles. The number of nitrogens with zero attached hydrogens (tertiary/aromatic N) is 2. The fourth-order valence-electron chi connectivity index (χ4n) is 3.09. The number of pyridine rings is 1. The lowest BCUT2D eigenvalue weighted by Gasteiger charge is -2.34. The molecular weight excluding hydrogens is 371 g/mol. The lowest BCUT2D eigenvalue weighted by atomic mass is 10.1. The standard InChI is InChI=1S/C16H18F3N3O3S/c1-11-8-15(23)20-14-3-2-12(9-13(11)14)26(24,25)22-6-4-21(5-7-22)10-16(17,18)19/h2-3,8-9H,4-7,10H2,1H3,(H,20,23). The molecule has 10 heteroatoms. The van der Waals surface area contributed by atoms with Crippen LogP contribution in [-0.2, 0) is 10.0 Å². The van der Waals surface area contributed by atoms with Gasteiger partial charge in [0.15, 0.2) is 0 Å². The minimum absolute atomic E-state index is 0.00105. The average molecular weight is 389 g/mol. The zero-order valence-corrected chi connectivity index (χ0v) is 14.8. The second-order valence-corrected chi connectivity index (χ2v) is 8.26. The van der Waals surface area contributed by atoms with Crippen molar-refractivity contribution >= 4 is 20.9 Å². The molecule has 0 unspecified atom stereocenters. The number of H-pyrrole nitrogens is 1.